The Hall–Kier alpha value is -1.82. The summed E-state index contributed by atoms with van der Waals surface area (Å²) in [6, 6.07) is 5.01. The summed E-state index contributed by atoms with van der Waals surface area (Å²) in [5.41, 5.74) is 0.496. The highest BCUT2D eigenvalue weighted by Gasteiger charge is 2.23. The number of benzene rings is 1. The van der Waals surface area contributed by atoms with Gasteiger partial charge in [0.15, 0.2) is 11.5 Å². The van der Waals surface area contributed by atoms with Crippen molar-refractivity contribution < 1.29 is 18.5 Å². The van der Waals surface area contributed by atoms with E-state index in [0.717, 1.165) is 6.42 Å². The quantitative estimate of drug-likeness (QED) is 0.809. The van der Waals surface area contributed by atoms with E-state index in [4.69, 9.17) is 9.47 Å². The number of hydrogen-bond acceptors (Lipinski definition) is 4. The van der Waals surface area contributed by atoms with Crippen molar-refractivity contribution in [1.29, 1.82) is 0 Å². The number of methoxy groups -OCH3 is 1. The maximum absolute atomic E-state index is 12.2. The van der Waals surface area contributed by atoms with Gasteiger partial charge >= 0.3 is 0 Å². The van der Waals surface area contributed by atoms with E-state index in [1.807, 2.05) is 0 Å². The van der Waals surface area contributed by atoms with Crippen LogP contribution in [-0.2, 0) is 10.8 Å². The second kappa shape index (κ2) is 7.26. The summed E-state index contributed by atoms with van der Waals surface area (Å²) in [5, 5.41) is 2.89. The molecule has 114 valence electrons. The number of ether oxygens (including phenoxy) is 2. The Kier molecular flexibility index (Phi) is 5.38. The third-order valence-corrected chi connectivity index (χ3v) is 4.66. The van der Waals surface area contributed by atoms with Crippen LogP contribution in [0.15, 0.2) is 30.9 Å². The lowest BCUT2D eigenvalue weighted by molar-refractivity contribution is 0.0940. The molecule has 6 heteroatoms. The van der Waals surface area contributed by atoms with E-state index in [2.05, 4.69) is 11.9 Å². The molecule has 1 amide bonds. The Morgan fingerprint density at radius 2 is 2.33 bits per heavy atom. The van der Waals surface area contributed by atoms with Crippen LogP contribution in [0.25, 0.3) is 0 Å². The molecule has 0 aromatic heterocycles. The van der Waals surface area contributed by atoms with Gasteiger partial charge in [0.1, 0.15) is 6.61 Å². The molecule has 5 nitrogen and oxygen atoms in total. The Morgan fingerprint density at radius 1 is 1.52 bits per heavy atom. The van der Waals surface area contributed by atoms with E-state index in [-0.39, 0.29) is 11.9 Å². The van der Waals surface area contributed by atoms with Crippen LogP contribution < -0.4 is 14.8 Å². The molecule has 21 heavy (non-hydrogen) atoms. The molecule has 0 bridgehead atoms. The molecule has 1 aliphatic heterocycles. The predicted molar refractivity (Wildman–Crippen MR) is 82.4 cm³/mol. The first kappa shape index (κ1) is 15.6. The SMILES string of the molecule is C=CCOc1ccc(C(=O)NC2CCS(=O)C2)cc1OC. The number of amides is 1. The average molecular weight is 309 g/mol. The largest absolute Gasteiger partial charge is 0.493 e. The highest BCUT2D eigenvalue weighted by atomic mass is 32.2. The molecule has 1 fully saturated rings. The molecule has 2 atom stereocenters. The van der Waals surface area contributed by atoms with Crippen molar-refractivity contribution in [3.8, 4) is 11.5 Å². The zero-order valence-corrected chi connectivity index (χ0v) is 12.8. The van der Waals surface area contributed by atoms with E-state index in [1.165, 1.54) is 7.11 Å². The lowest BCUT2D eigenvalue weighted by Gasteiger charge is -2.13. The summed E-state index contributed by atoms with van der Waals surface area (Å²) >= 11 is 0. The van der Waals surface area contributed by atoms with Gasteiger partial charge in [-0.05, 0) is 24.6 Å². The molecule has 1 aromatic rings. The van der Waals surface area contributed by atoms with E-state index in [1.54, 1.807) is 24.3 Å². The van der Waals surface area contributed by atoms with Crippen molar-refractivity contribution in [1.82, 2.24) is 5.32 Å². The smallest absolute Gasteiger partial charge is 0.251 e. The minimum absolute atomic E-state index is 0.0129. The number of nitrogens with one attached hydrogen (secondary N) is 1. The molecular weight excluding hydrogens is 290 g/mol. The van der Waals surface area contributed by atoms with Gasteiger partial charge in [-0.2, -0.15) is 0 Å². The Bertz CT molecular complexity index is 559. The van der Waals surface area contributed by atoms with Gasteiger partial charge in [0.25, 0.3) is 5.91 Å². The van der Waals surface area contributed by atoms with Crippen LogP contribution in [0.2, 0.25) is 0 Å². The zero-order valence-electron chi connectivity index (χ0n) is 12.0. The van der Waals surface area contributed by atoms with Crippen LogP contribution in [0.1, 0.15) is 16.8 Å². The third kappa shape index (κ3) is 4.07. The second-order valence-corrected chi connectivity index (χ2v) is 6.36. The highest BCUT2D eigenvalue weighted by Crippen LogP contribution is 2.28. The topological polar surface area (TPSA) is 64.6 Å². The number of rotatable bonds is 6. The molecule has 0 spiro atoms. The molecule has 0 radical (unpaired) electrons. The van der Waals surface area contributed by atoms with E-state index >= 15 is 0 Å². The predicted octanol–water partition coefficient (Wildman–Crippen LogP) is 1.51. The number of carbonyl (C=O) groups is 1. The van der Waals surface area contributed by atoms with Gasteiger partial charge in [0, 0.05) is 33.9 Å². The summed E-state index contributed by atoms with van der Waals surface area (Å²) in [6.07, 6.45) is 2.40. The molecule has 2 unspecified atom stereocenters. The fourth-order valence-electron chi connectivity index (χ4n) is 2.12. The first-order chi connectivity index (χ1) is 10.1. The Morgan fingerprint density at radius 3 is 2.95 bits per heavy atom. The molecule has 0 saturated carbocycles. The molecule has 1 aromatic carbocycles. The Labute approximate surface area is 126 Å². The molecule has 1 N–H and O–H groups in total. The standard InChI is InChI=1S/C15H19NO4S/c1-3-7-20-13-5-4-11(9-14(13)19-2)15(17)16-12-6-8-21(18)10-12/h3-5,9,12H,1,6-8,10H2,2H3,(H,16,17). The molecule has 1 saturated heterocycles. The normalized spacial score (nSPS) is 20.8. The van der Waals surface area contributed by atoms with Crippen LogP contribution >= 0.6 is 0 Å². The van der Waals surface area contributed by atoms with Crippen LogP contribution in [0.4, 0.5) is 0 Å². The molecule has 0 aliphatic carbocycles. The van der Waals surface area contributed by atoms with Crippen molar-refractivity contribution in [3.05, 3.63) is 36.4 Å². The number of hydrogen-bond donors (Lipinski definition) is 1. The summed E-state index contributed by atoms with van der Waals surface area (Å²) in [5.74, 6) is 2.06. The summed E-state index contributed by atoms with van der Waals surface area (Å²) in [6.45, 7) is 3.96. The lowest BCUT2D eigenvalue weighted by Crippen LogP contribution is -2.35. The van der Waals surface area contributed by atoms with Crippen molar-refractivity contribution in [2.45, 2.75) is 12.5 Å². The van der Waals surface area contributed by atoms with Crippen molar-refractivity contribution >= 4 is 16.7 Å². The maximum Gasteiger partial charge on any atom is 0.251 e. The highest BCUT2D eigenvalue weighted by molar-refractivity contribution is 7.85. The van der Waals surface area contributed by atoms with E-state index in [0.29, 0.717) is 35.2 Å². The van der Waals surface area contributed by atoms with Gasteiger partial charge in [0.05, 0.1) is 7.11 Å². The minimum Gasteiger partial charge on any atom is -0.493 e. The average Bonchev–Trinajstić information content (AvgIpc) is 2.90. The molecular formula is C15H19NO4S. The van der Waals surface area contributed by atoms with Gasteiger partial charge in [-0.25, -0.2) is 0 Å². The summed E-state index contributed by atoms with van der Waals surface area (Å²) < 4.78 is 22.0. The Balaban J connectivity index is 2.06. The van der Waals surface area contributed by atoms with Crippen LogP contribution in [-0.4, -0.2) is 41.4 Å². The monoisotopic (exact) mass is 309 g/mol. The van der Waals surface area contributed by atoms with Crippen LogP contribution in [0.5, 0.6) is 11.5 Å². The molecule has 1 aliphatic rings. The van der Waals surface area contributed by atoms with Crippen molar-refractivity contribution in [2.75, 3.05) is 25.2 Å². The zero-order chi connectivity index (χ0) is 15.2. The summed E-state index contributed by atoms with van der Waals surface area (Å²) in [4.78, 5) is 12.2. The first-order valence-corrected chi connectivity index (χ1v) is 8.20. The summed E-state index contributed by atoms with van der Waals surface area (Å²) in [7, 11) is 0.718. The third-order valence-electron chi connectivity index (χ3n) is 3.20. The van der Waals surface area contributed by atoms with Gasteiger partial charge < -0.3 is 14.8 Å². The lowest BCUT2D eigenvalue weighted by atomic mass is 10.1. The van der Waals surface area contributed by atoms with E-state index in [9.17, 15) is 9.00 Å². The fraction of sp³-hybridized carbons (Fsp3) is 0.400. The second-order valence-electron chi connectivity index (χ2n) is 4.73. The first-order valence-electron chi connectivity index (χ1n) is 6.71. The van der Waals surface area contributed by atoms with Crippen molar-refractivity contribution in [2.24, 2.45) is 0 Å². The molecule has 2 rings (SSSR count). The fourth-order valence-corrected chi connectivity index (χ4v) is 3.54. The van der Waals surface area contributed by atoms with Gasteiger partial charge in [0.2, 0.25) is 0 Å². The maximum atomic E-state index is 12.2. The molecule has 1 heterocycles. The van der Waals surface area contributed by atoms with E-state index < -0.39 is 10.8 Å². The van der Waals surface area contributed by atoms with Gasteiger partial charge in [-0.1, -0.05) is 12.7 Å². The van der Waals surface area contributed by atoms with Crippen LogP contribution in [0, 0.1) is 0 Å². The van der Waals surface area contributed by atoms with Crippen molar-refractivity contribution in [3.63, 3.8) is 0 Å². The van der Waals surface area contributed by atoms with Crippen LogP contribution in [0.3, 0.4) is 0 Å². The van der Waals surface area contributed by atoms with Gasteiger partial charge in [-0.3, -0.25) is 9.00 Å². The minimum atomic E-state index is -0.808. The van der Waals surface area contributed by atoms with Gasteiger partial charge in [-0.15, -0.1) is 0 Å². The number of carbonyl (C=O) groups excluding carboxylic acids is 1.